The minimum Gasteiger partial charge on any atom is -0.480 e. The Balaban J connectivity index is 4.26. The topological polar surface area (TPSA) is 156 Å². The summed E-state index contributed by atoms with van der Waals surface area (Å²) in [6.45, 7) is -0.572. The lowest BCUT2D eigenvalue weighted by Crippen LogP contribution is -2.49. The first kappa shape index (κ1) is 19.1. The van der Waals surface area contributed by atoms with Crippen LogP contribution >= 0.6 is 12.6 Å². The van der Waals surface area contributed by atoms with Crippen LogP contribution in [0.15, 0.2) is 0 Å². The van der Waals surface area contributed by atoms with Gasteiger partial charge < -0.3 is 21.5 Å². The standard InChI is InChI=1S/C11H17N3O6S/c12-6(8(16)4-15)1-2-9(17)14-7(5-21)11(20)13-3-10(18)19/h4,6-7,21H,1-3,5,12H2,(H,13,20)(H,14,17)(H,18,19). The second-order valence-electron chi connectivity index (χ2n) is 4.08. The summed E-state index contributed by atoms with van der Waals surface area (Å²) >= 11 is 3.88. The number of Topliss-reactive ketones (excluding diaryl/α,β-unsaturated/α-hetero) is 1. The summed E-state index contributed by atoms with van der Waals surface area (Å²) in [4.78, 5) is 54.5. The lowest BCUT2D eigenvalue weighted by atomic mass is 10.1. The van der Waals surface area contributed by atoms with Crippen molar-refractivity contribution in [3.05, 3.63) is 0 Å². The smallest absolute Gasteiger partial charge is 0.322 e. The molecule has 0 bridgehead atoms. The summed E-state index contributed by atoms with van der Waals surface area (Å²) in [7, 11) is 0. The van der Waals surface area contributed by atoms with Crippen molar-refractivity contribution >= 4 is 42.5 Å². The highest BCUT2D eigenvalue weighted by Gasteiger charge is 2.20. The van der Waals surface area contributed by atoms with Crippen molar-refractivity contribution in [2.45, 2.75) is 24.9 Å². The number of carboxylic acids is 1. The fourth-order valence-corrected chi connectivity index (χ4v) is 1.52. The lowest BCUT2D eigenvalue weighted by Gasteiger charge is -2.16. The number of amides is 2. The predicted octanol–water partition coefficient (Wildman–Crippen LogP) is -2.52. The van der Waals surface area contributed by atoms with Gasteiger partial charge in [0.1, 0.15) is 12.6 Å². The van der Waals surface area contributed by atoms with Crippen LogP contribution in [0.2, 0.25) is 0 Å². The Morgan fingerprint density at radius 2 is 1.90 bits per heavy atom. The van der Waals surface area contributed by atoms with Gasteiger partial charge in [-0.25, -0.2) is 0 Å². The number of carbonyl (C=O) groups is 5. The third kappa shape index (κ3) is 8.05. The molecule has 0 rings (SSSR count). The molecule has 21 heavy (non-hydrogen) atoms. The Labute approximate surface area is 126 Å². The molecule has 9 nitrogen and oxygen atoms in total. The molecule has 0 aromatic rings. The fourth-order valence-electron chi connectivity index (χ4n) is 1.26. The van der Waals surface area contributed by atoms with E-state index in [1.165, 1.54) is 0 Å². The first-order valence-electron chi connectivity index (χ1n) is 5.96. The molecule has 2 atom stereocenters. The molecule has 0 aliphatic heterocycles. The molecule has 0 saturated carbocycles. The number of rotatable bonds is 10. The molecule has 2 amide bonds. The summed E-state index contributed by atoms with van der Waals surface area (Å²) in [6.07, 6.45) is -0.116. The number of carboxylic acid groups (broad SMARTS) is 1. The highest BCUT2D eigenvalue weighted by Crippen LogP contribution is 1.97. The minimum atomic E-state index is -1.22. The molecule has 10 heteroatoms. The van der Waals surface area contributed by atoms with Crippen LogP contribution in [-0.2, 0) is 24.0 Å². The maximum absolute atomic E-state index is 11.6. The van der Waals surface area contributed by atoms with Gasteiger partial charge in [-0.3, -0.25) is 24.0 Å². The molecule has 0 aliphatic carbocycles. The maximum Gasteiger partial charge on any atom is 0.322 e. The van der Waals surface area contributed by atoms with Gasteiger partial charge in [0.05, 0.1) is 6.04 Å². The zero-order valence-electron chi connectivity index (χ0n) is 11.1. The number of hydrogen-bond acceptors (Lipinski definition) is 7. The average Bonchev–Trinajstić information content (AvgIpc) is 2.46. The summed E-state index contributed by atoms with van der Waals surface area (Å²) in [6, 6.07) is -2.07. The Morgan fingerprint density at radius 1 is 1.29 bits per heavy atom. The summed E-state index contributed by atoms with van der Waals surface area (Å²) in [5.74, 6) is -3.31. The van der Waals surface area contributed by atoms with Gasteiger partial charge in [-0.1, -0.05) is 0 Å². The maximum atomic E-state index is 11.6. The first-order chi connectivity index (χ1) is 9.81. The molecular weight excluding hydrogens is 302 g/mol. The average molecular weight is 319 g/mol. The van der Waals surface area contributed by atoms with Crippen LogP contribution in [0.3, 0.4) is 0 Å². The number of nitrogens with two attached hydrogens (primary N) is 1. The van der Waals surface area contributed by atoms with Gasteiger partial charge in [0.2, 0.25) is 17.6 Å². The Bertz CT molecular complexity index is 428. The molecule has 0 heterocycles. The van der Waals surface area contributed by atoms with Crippen LogP contribution in [0.5, 0.6) is 0 Å². The van der Waals surface area contributed by atoms with E-state index < -0.39 is 42.2 Å². The van der Waals surface area contributed by atoms with Gasteiger partial charge in [-0.15, -0.1) is 0 Å². The van der Waals surface area contributed by atoms with Gasteiger partial charge in [-0.05, 0) is 6.42 Å². The SMILES string of the molecule is NC(CCC(=O)NC(CS)C(=O)NCC(=O)O)C(=O)C=O. The van der Waals surface area contributed by atoms with Crippen LogP contribution < -0.4 is 16.4 Å². The van der Waals surface area contributed by atoms with Crippen LogP contribution in [-0.4, -0.2) is 59.3 Å². The Kier molecular flexibility index (Phi) is 8.97. The lowest BCUT2D eigenvalue weighted by molar-refractivity contribution is -0.138. The van der Waals surface area contributed by atoms with Gasteiger partial charge in [0.15, 0.2) is 6.29 Å². The highest BCUT2D eigenvalue weighted by molar-refractivity contribution is 7.80. The van der Waals surface area contributed by atoms with Crippen molar-refractivity contribution in [2.75, 3.05) is 12.3 Å². The Morgan fingerprint density at radius 3 is 2.38 bits per heavy atom. The van der Waals surface area contributed by atoms with E-state index in [9.17, 15) is 24.0 Å². The number of aldehydes is 1. The summed E-state index contributed by atoms with van der Waals surface area (Å²) < 4.78 is 0. The predicted molar refractivity (Wildman–Crippen MR) is 74.7 cm³/mol. The van der Waals surface area contributed by atoms with E-state index in [1.807, 2.05) is 0 Å². The van der Waals surface area contributed by atoms with Gasteiger partial charge in [-0.2, -0.15) is 12.6 Å². The molecular formula is C11H17N3O6S. The largest absolute Gasteiger partial charge is 0.480 e. The quantitative estimate of drug-likeness (QED) is 0.169. The number of thiol groups is 1. The Hall–Kier alpha value is -1.94. The highest BCUT2D eigenvalue weighted by atomic mass is 32.1. The molecule has 2 unspecified atom stereocenters. The molecule has 0 spiro atoms. The minimum absolute atomic E-state index is 0.0312. The van der Waals surface area contributed by atoms with E-state index in [0.717, 1.165) is 0 Å². The number of aliphatic carboxylic acids is 1. The summed E-state index contributed by atoms with van der Waals surface area (Å²) in [5.41, 5.74) is 5.36. The molecule has 5 N–H and O–H groups in total. The third-order valence-corrected chi connectivity index (χ3v) is 2.78. The van der Waals surface area contributed by atoms with E-state index >= 15 is 0 Å². The van der Waals surface area contributed by atoms with Crippen molar-refractivity contribution in [2.24, 2.45) is 5.73 Å². The third-order valence-electron chi connectivity index (χ3n) is 2.41. The van der Waals surface area contributed by atoms with E-state index in [2.05, 4.69) is 23.3 Å². The van der Waals surface area contributed by atoms with Crippen LogP contribution in [0.1, 0.15) is 12.8 Å². The van der Waals surface area contributed by atoms with E-state index in [4.69, 9.17) is 10.8 Å². The normalized spacial score (nSPS) is 12.9. The first-order valence-corrected chi connectivity index (χ1v) is 6.59. The van der Waals surface area contributed by atoms with Gasteiger partial charge in [0.25, 0.3) is 0 Å². The van der Waals surface area contributed by atoms with Crippen molar-refractivity contribution in [3.8, 4) is 0 Å². The van der Waals surface area contributed by atoms with Crippen LogP contribution in [0.25, 0.3) is 0 Å². The number of ketones is 1. The van der Waals surface area contributed by atoms with Crippen LogP contribution in [0, 0.1) is 0 Å². The van der Waals surface area contributed by atoms with Crippen molar-refractivity contribution in [1.82, 2.24) is 10.6 Å². The van der Waals surface area contributed by atoms with Gasteiger partial charge in [0, 0.05) is 12.2 Å². The molecule has 0 aromatic heterocycles. The molecule has 118 valence electrons. The number of nitrogens with one attached hydrogen (secondary N) is 2. The van der Waals surface area contributed by atoms with Crippen molar-refractivity contribution in [3.63, 3.8) is 0 Å². The number of hydrogen-bond donors (Lipinski definition) is 5. The van der Waals surface area contributed by atoms with Crippen molar-refractivity contribution in [1.29, 1.82) is 0 Å². The van der Waals surface area contributed by atoms with E-state index in [-0.39, 0.29) is 24.9 Å². The fraction of sp³-hybridized carbons (Fsp3) is 0.545. The molecule has 0 fully saturated rings. The van der Waals surface area contributed by atoms with Crippen molar-refractivity contribution < 1.29 is 29.1 Å². The molecule has 0 saturated heterocycles. The van der Waals surface area contributed by atoms with Gasteiger partial charge >= 0.3 is 5.97 Å². The molecule has 0 aliphatic rings. The second kappa shape index (κ2) is 9.88. The zero-order valence-corrected chi connectivity index (χ0v) is 12.0. The van der Waals surface area contributed by atoms with E-state index in [1.54, 1.807) is 0 Å². The van der Waals surface area contributed by atoms with E-state index in [0.29, 0.717) is 0 Å². The number of carbonyl (C=O) groups excluding carboxylic acids is 4. The zero-order chi connectivity index (χ0) is 16.4. The molecule has 0 aromatic carbocycles. The summed E-state index contributed by atoms with van der Waals surface area (Å²) in [5, 5.41) is 12.9. The molecule has 0 radical (unpaired) electrons. The second-order valence-corrected chi connectivity index (χ2v) is 4.44. The monoisotopic (exact) mass is 319 g/mol. The van der Waals surface area contributed by atoms with Crippen LogP contribution in [0.4, 0.5) is 0 Å².